The lowest BCUT2D eigenvalue weighted by Gasteiger charge is -2.14. The lowest BCUT2D eigenvalue weighted by Crippen LogP contribution is -2.19. The fourth-order valence-electron chi connectivity index (χ4n) is 2.86. The van der Waals surface area contributed by atoms with Gasteiger partial charge in [-0.2, -0.15) is 36.5 Å². The van der Waals surface area contributed by atoms with Gasteiger partial charge in [-0.15, -0.1) is 0 Å². The predicted octanol–water partition coefficient (Wildman–Crippen LogP) is 3.33. The van der Waals surface area contributed by atoms with Crippen LogP contribution in [-0.2, 0) is 33.0 Å². The lowest BCUT2D eigenvalue weighted by molar-refractivity contribution is -0.143. The molecule has 3 heterocycles. The van der Waals surface area contributed by atoms with Crippen molar-refractivity contribution >= 4 is 0 Å². The third-order valence-electron chi connectivity index (χ3n) is 4.06. The molecule has 0 saturated heterocycles. The van der Waals surface area contributed by atoms with E-state index in [1.165, 1.54) is 37.6 Å². The minimum atomic E-state index is -4.79. The zero-order valence-corrected chi connectivity index (χ0v) is 15.4. The monoisotopic (exact) mass is 435 g/mol. The van der Waals surface area contributed by atoms with E-state index in [0.717, 1.165) is 9.36 Å². The molecule has 3 rings (SSSR count). The van der Waals surface area contributed by atoms with Crippen molar-refractivity contribution in [3.63, 3.8) is 0 Å². The van der Waals surface area contributed by atoms with Gasteiger partial charge >= 0.3 is 12.4 Å². The molecule has 0 amide bonds. The Labute approximate surface area is 165 Å². The second-order valence-corrected chi connectivity index (χ2v) is 6.20. The fraction of sp³-hybridized carbons (Fsp3) is 0.353. The van der Waals surface area contributed by atoms with E-state index in [0.29, 0.717) is 5.56 Å². The SMILES string of the molecule is Cn1nc(C(F)(F)F)c(CO)c1OCc1cccnc1-c1ccnn1CC(F)(F)F. The van der Waals surface area contributed by atoms with Gasteiger partial charge in [0.15, 0.2) is 5.69 Å². The van der Waals surface area contributed by atoms with Gasteiger partial charge in [-0.1, -0.05) is 6.07 Å². The Hall–Kier alpha value is -3.09. The number of hydrogen-bond acceptors (Lipinski definition) is 5. The highest BCUT2D eigenvalue weighted by atomic mass is 19.4. The van der Waals surface area contributed by atoms with Crippen LogP contribution in [0.4, 0.5) is 26.3 Å². The zero-order chi connectivity index (χ0) is 22.1. The second-order valence-electron chi connectivity index (χ2n) is 6.20. The van der Waals surface area contributed by atoms with Gasteiger partial charge in [0.1, 0.15) is 13.2 Å². The van der Waals surface area contributed by atoms with Gasteiger partial charge in [0, 0.05) is 25.0 Å². The van der Waals surface area contributed by atoms with Crippen LogP contribution in [0.15, 0.2) is 30.6 Å². The molecule has 0 aliphatic rings. The van der Waals surface area contributed by atoms with Crippen LogP contribution in [0.5, 0.6) is 5.88 Å². The molecule has 0 unspecified atom stereocenters. The van der Waals surface area contributed by atoms with Crippen LogP contribution in [0, 0.1) is 0 Å². The number of aliphatic hydroxyl groups is 1. The Morgan fingerprint density at radius 1 is 1.10 bits per heavy atom. The second kappa shape index (κ2) is 7.97. The number of aromatic nitrogens is 5. The maximum atomic E-state index is 13.1. The highest BCUT2D eigenvalue weighted by molar-refractivity contribution is 5.58. The fourth-order valence-corrected chi connectivity index (χ4v) is 2.86. The highest BCUT2D eigenvalue weighted by Crippen LogP contribution is 2.36. The Morgan fingerprint density at radius 2 is 1.83 bits per heavy atom. The van der Waals surface area contributed by atoms with Crippen molar-refractivity contribution < 1.29 is 36.2 Å². The number of aryl methyl sites for hydroxylation is 1. The number of rotatable bonds is 6. The first-order chi connectivity index (χ1) is 14.0. The Bertz CT molecular complexity index is 1020. The van der Waals surface area contributed by atoms with E-state index in [4.69, 9.17) is 4.74 Å². The summed E-state index contributed by atoms with van der Waals surface area (Å²) >= 11 is 0. The Kier molecular flexibility index (Phi) is 5.74. The number of nitrogens with zero attached hydrogens (tertiary/aromatic N) is 5. The summed E-state index contributed by atoms with van der Waals surface area (Å²) in [5.74, 6) is -0.316. The Balaban J connectivity index is 1.92. The molecule has 0 aromatic carbocycles. The van der Waals surface area contributed by atoms with E-state index in [9.17, 15) is 31.4 Å². The summed E-state index contributed by atoms with van der Waals surface area (Å²) in [6.45, 7) is -2.63. The van der Waals surface area contributed by atoms with E-state index < -0.39 is 36.8 Å². The Morgan fingerprint density at radius 3 is 2.47 bits per heavy atom. The smallest absolute Gasteiger partial charge is 0.435 e. The van der Waals surface area contributed by atoms with Gasteiger partial charge in [0.05, 0.1) is 23.6 Å². The molecule has 162 valence electrons. The summed E-state index contributed by atoms with van der Waals surface area (Å²) in [5, 5.41) is 16.4. The maximum Gasteiger partial charge on any atom is 0.435 e. The van der Waals surface area contributed by atoms with Crippen molar-refractivity contribution in [1.29, 1.82) is 0 Å². The van der Waals surface area contributed by atoms with Crippen LogP contribution in [0.2, 0.25) is 0 Å². The summed E-state index contributed by atoms with van der Waals surface area (Å²) < 4.78 is 84.5. The summed E-state index contributed by atoms with van der Waals surface area (Å²) in [7, 11) is 1.21. The van der Waals surface area contributed by atoms with Gasteiger partial charge in [-0.25, -0.2) is 4.68 Å². The molecule has 0 bridgehead atoms. The standard InChI is InChI=1S/C17H15F6N5O2/c1-27-15(11(7-29)14(26-27)17(21,22)23)30-8-10-3-2-5-24-13(10)12-4-6-25-28(12)9-16(18,19)20/h2-6,29H,7-9H2,1H3. The van der Waals surface area contributed by atoms with Gasteiger partial charge in [0.2, 0.25) is 5.88 Å². The van der Waals surface area contributed by atoms with Crippen LogP contribution in [-0.4, -0.2) is 35.8 Å². The molecule has 3 aromatic heterocycles. The van der Waals surface area contributed by atoms with Crippen molar-refractivity contribution in [3.8, 4) is 17.3 Å². The van der Waals surface area contributed by atoms with Crippen molar-refractivity contribution in [2.24, 2.45) is 7.05 Å². The van der Waals surface area contributed by atoms with Crippen molar-refractivity contribution in [1.82, 2.24) is 24.5 Å². The number of aliphatic hydroxyl groups excluding tert-OH is 1. The minimum Gasteiger partial charge on any atom is -0.473 e. The van der Waals surface area contributed by atoms with Gasteiger partial charge in [-0.05, 0) is 12.1 Å². The molecule has 0 aliphatic carbocycles. The number of hydrogen-bond donors (Lipinski definition) is 1. The summed E-state index contributed by atoms with van der Waals surface area (Å²) in [6, 6.07) is 4.35. The van der Waals surface area contributed by atoms with Gasteiger partial charge in [0.25, 0.3) is 0 Å². The summed E-state index contributed by atoms with van der Waals surface area (Å²) in [5.41, 5.74) is -1.33. The van der Waals surface area contributed by atoms with Crippen molar-refractivity contribution in [3.05, 3.63) is 47.4 Å². The number of pyridine rings is 1. The number of alkyl halides is 6. The third-order valence-corrected chi connectivity index (χ3v) is 4.06. The molecule has 0 aliphatic heterocycles. The molecule has 13 heteroatoms. The van der Waals surface area contributed by atoms with Crippen LogP contribution in [0.1, 0.15) is 16.8 Å². The first kappa shape index (κ1) is 21.6. The van der Waals surface area contributed by atoms with E-state index in [2.05, 4.69) is 15.2 Å². The molecule has 3 aromatic rings. The summed E-state index contributed by atoms with van der Waals surface area (Å²) in [4.78, 5) is 4.07. The number of ether oxygens (including phenoxy) is 1. The minimum absolute atomic E-state index is 0.0647. The first-order valence-corrected chi connectivity index (χ1v) is 8.41. The lowest BCUT2D eigenvalue weighted by atomic mass is 10.1. The predicted molar refractivity (Wildman–Crippen MR) is 90.0 cm³/mol. The molecule has 0 saturated carbocycles. The molecular weight excluding hydrogens is 420 g/mol. The maximum absolute atomic E-state index is 13.1. The number of halogens is 6. The van der Waals surface area contributed by atoms with E-state index in [1.807, 2.05) is 0 Å². The first-order valence-electron chi connectivity index (χ1n) is 8.41. The largest absolute Gasteiger partial charge is 0.473 e. The van der Waals surface area contributed by atoms with Crippen LogP contribution in [0.3, 0.4) is 0 Å². The van der Waals surface area contributed by atoms with Gasteiger partial charge < -0.3 is 9.84 Å². The van der Waals surface area contributed by atoms with Crippen molar-refractivity contribution in [2.45, 2.75) is 32.1 Å². The van der Waals surface area contributed by atoms with E-state index >= 15 is 0 Å². The molecule has 0 radical (unpaired) electrons. The molecule has 0 atom stereocenters. The summed E-state index contributed by atoms with van der Waals surface area (Å²) in [6.07, 6.45) is -6.76. The van der Waals surface area contributed by atoms with E-state index in [-0.39, 0.29) is 23.9 Å². The topological polar surface area (TPSA) is 78.0 Å². The quantitative estimate of drug-likeness (QED) is 0.601. The third kappa shape index (κ3) is 4.56. The molecule has 30 heavy (non-hydrogen) atoms. The average Bonchev–Trinajstić information content (AvgIpc) is 3.22. The highest BCUT2D eigenvalue weighted by Gasteiger charge is 2.39. The average molecular weight is 435 g/mol. The van der Waals surface area contributed by atoms with Crippen LogP contribution >= 0.6 is 0 Å². The zero-order valence-electron chi connectivity index (χ0n) is 15.4. The molecular formula is C17H15F6N5O2. The van der Waals surface area contributed by atoms with E-state index in [1.54, 1.807) is 0 Å². The molecule has 0 spiro atoms. The molecule has 0 fully saturated rings. The van der Waals surface area contributed by atoms with Crippen LogP contribution in [0.25, 0.3) is 11.4 Å². The normalized spacial score (nSPS) is 12.4. The van der Waals surface area contributed by atoms with Gasteiger partial charge in [-0.3, -0.25) is 9.67 Å². The van der Waals surface area contributed by atoms with Crippen LogP contribution < -0.4 is 4.74 Å². The van der Waals surface area contributed by atoms with Crippen molar-refractivity contribution in [2.75, 3.05) is 0 Å². The molecule has 1 N–H and O–H groups in total. The molecule has 7 nitrogen and oxygen atoms in total.